The fourth-order valence-electron chi connectivity index (χ4n) is 2.98. The first kappa shape index (κ1) is 18.5. The molecule has 0 bridgehead atoms. The number of hydrogen-bond donors (Lipinski definition) is 0. The van der Waals surface area contributed by atoms with Gasteiger partial charge in [0, 0.05) is 6.04 Å². The van der Waals surface area contributed by atoms with Gasteiger partial charge in [-0.1, -0.05) is 12.1 Å². The number of carbonyl (C=O) groups excluding carboxylic acids is 1. The maximum absolute atomic E-state index is 13.5. The van der Waals surface area contributed by atoms with Gasteiger partial charge < -0.3 is 4.74 Å². The van der Waals surface area contributed by atoms with Gasteiger partial charge in [0.05, 0.1) is 12.5 Å². The van der Waals surface area contributed by atoms with Crippen LogP contribution in [0.25, 0.3) is 0 Å². The van der Waals surface area contributed by atoms with Gasteiger partial charge in [-0.15, -0.1) is 0 Å². The van der Waals surface area contributed by atoms with E-state index in [4.69, 9.17) is 4.74 Å². The maximum Gasteiger partial charge on any atom is 0.411 e. The zero-order valence-corrected chi connectivity index (χ0v) is 13.9. The van der Waals surface area contributed by atoms with E-state index < -0.39 is 42.2 Å². The summed E-state index contributed by atoms with van der Waals surface area (Å²) in [6.45, 7) is 4.95. The highest BCUT2D eigenvalue weighted by Gasteiger charge is 2.45. The third-order valence-corrected chi connectivity index (χ3v) is 3.81. The first-order chi connectivity index (χ1) is 11.0. The molecule has 3 nitrogen and oxygen atoms in total. The van der Waals surface area contributed by atoms with E-state index in [-0.39, 0.29) is 6.42 Å². The minimum atomic E-state index is -4.39. The molecule has 2 atom stereocenters. The van der Waals surface area contributed by atoms with Gasteiger partial charge in [-0.25, -0.2) is 9.18 Å². The number of likely N-dealkylation sites (tertiary alicyclic amines) is 1. The molecule has 1 aromatic rings. The molecule has 0 aromatic heterocycles. The Labute approximate surface area is 138 Å². The van der Waals surface area contributed by atoms with E-state index in [0.29, 0.717) is 12.0 Å². The Hall–Kier alpha value is -1.79. The van der Waals surface area contributed by atoms with E-state index >= 15 is 0 Å². The average Bonchev–Trinajstić information content (AvgIpc) is 2.78. The van der Waals surface area contributed by atoms with Crippen molar-refractivity contribution in [2.75, 3.05) is 0 Å². The minimum absolute atomic E-state index is 0.194. The summed E-state index contributed by atoms with van der Waals surface area (Å²) in [6.07, 6.45) is -5.76. The van der Waals surface area contributed by atoms with Crippen LogP contribution in [0.1, 0.15) is 51.6 Å². The topological polar surface area (TPSA) is 29.5 Å². The number of nitrogens with zero attached hydrogens (tertiary/aromatic N) is 1. The molecule has 7 heteroatoms. The molecule has 0 unspecified atom stereocenters. The lowest BCUT2D eigenvalue weighted by atomic mass is 10.0. The summed E-state index contributed by atoms with van der Waals surface area (Å²) in [6, 6.07) is 3.97. The molecule has 1 aromatic carbocycles. The summed E-state index contributed by atoms with van der Waals surface area (Å²) in [7, 11) is 0. The van der Waals surface area contributed by atoms with Crippen LogP contribution in [0.4, 0.5) is 22.4 Å². The largest absolute Gasteiger partial charge is 0.444 e. The van der Waals surface area contributed by atoms with E-state index in [0.717, 1.165) is 4.90 Å². The Morgan fingerprint density at radius 2 is 1.92 bits per heavy atom. The molecule has 0 saturated carbocycles. The highest BCUT2D eigenvalue weighted by molar-refractivity contribution is 5.70. The highest BCUT2D eigenvalue weighted by Crippen LogP contribution is 2.41. The molecule has 1 aliphatic heterocycles. The summed E-state index contributed by atoms with van der Waals surface area (Å²) in [5, 5.41) is 0. The number of ether oxygens (including phenoxy) is 1. The van der Waals surface area contributed by atoms with Crippen LogP contribution >= 0.6 is 0 Å². The quantitative estimate of drug-likeness (QED) is 0.687. The van der Waals surface area contributed by atoms with E-state index in [1.54, 1.807) is 26.8 Å². The summed E-state index contributed by atoms with van der Waals surface area (Å²) in [4.78, 5) is 13.6. The van der Waals surface area contributed by atoms with Gasteiger partial charge >= 0.3 is 12.3 Å². The van der Waals surface area contributed by atoms with E-state index in [1.807, 2.05) is 0 Å². The second-order valence-corrected chi connectivity index (χ2v) is 7.01. The number of alkyl halides is 3. The summed E-state index contributed by atoms with van der Waals surface area (Å²) >= 11 is 0. The van der Waals surface area contributed by atoms with Gasteiger partial charge in [0.1, 0.15) is 11.4 Å². The third-order valence-electron chi connectivity index (χ3n) is 3.81. The van der Waals surface area contributed by atoms with Gasteiger partial charge in [0.25, 0.3) is 0 Å². The first-order valence-corrected chi connectivity index (χ1v) is 7.80. The van der Waals surface area contributed by atoms with Crippen molar-refractivity contribution in [3.63, 3.8) is 0 Å². The van der Waals surface area contributed by atoms with Crippen LogP contribution in [0, 0.1) is 5.82 Å². The van der Waals surface area contributed by atoms with Crippen LogP contribution < -0.4 is 0 Å². The second kappa shape index (κ2) is 6.61. The predicted molar refractivity (Wildman–Crippen MR) is 80.9 cm³/mol. The average molecular weight is 347 g/mol. The van der Waals surface area contributed by atoms with Crippen molar-refractivity contribution in [1.29, 1.82) is 0 Å². The molecule has 24 heavy (non-hydrogen) atoms. The molecule has 2 rings (SSSR count). The lowest BCUT2D eigenvalue weighted by Gasteiger charge is -2.33. The Balaban J connectivity index is 2.30. The van der Waals surface area contributed by atoms with Crippen LogP contribution in [-0.2, 0) is 4.74 Å². The number of amides is 1. The number of rotatable bonds is 2. The molecule has 0 aliphatic carbocycles. The number of hydrogen-bond acceptors (Lipinski definition) is 2. The van der Waals surface area contributed by atoms with Gasteiger partial charge in [-0.2, -0.15) is 13.2 Å². The van der Waals surface area contributed by atoms with Crippen molar-refractivity contribution in [3.05, 3.63) is 35.6 Å². The summed E-state index contributed by atoms with van der Waals surface area (Å²) in [5.74, 6) is -0.490. The molecule has 1 aliphatic rings. The molecule has 1 amide bonds. The molecule has 0 N–H and O–H groups in total. The lowest BCUT2D eigenvalue weighted by Crippen LogP contribution is -2.42. The lowest BCUT2D eigenvalue weighted by molar-refractivity contribution is -0.145. The Kier molecular flexibility index (Phi) is 5.11. The fraction of sp³-hybridized carbons (Fsp3) is 0.588. The molecule has 0 radical (unpaired) electrons. The van der Waals surface area contributed by atoms with Crippen LogP contribution in [0.5, 0.6) is 0 Å². The smallest absolute Gasteiger partial charge is 0.411 e. The van der Waals surface area contributed by atoms with Gasteiger partial charge in [-0.05, 0) is 51.3 Å². The SMILES string of the molecule is CC(C)(C)OC(=O)N1[C@@H](CC(F)(F)F)CC[C@H]1c1cccc(F)c1. The Bertz CT molecular complexity index is 595. The van der Waals surface area contributed by atoms with Crippen molar-refractivity contribution < 1.29 is 27.1 Å². The maximum atomic E-state index is 13.5. The van der Waals surface area contributed by atoms with Crippen molar-refractivity contribution >= 4 is 6.09 Å². The zero-order chi connectivity index (χ0) is 18.1. The number of benzene rings is 1. The monoisotopic (exact) mass is 347 g/mol. The molecule has 0 spiro atoms. The molecular weight excluding hydrogens is 326 g/mol. The highest BCUT2D eigenvalue weighted by atomic mass is 19.4. The van der Waals surface area contributed by atoms with E-state index in [9.17, 15) is 22.4 Å². The normalized spacial score (nSPS) is 21.9. The van der Waals surface area contributed by atoms with Crippen LogP contribution in [0.15, 0.2) is 24.3 Å². The standard InChI is InChI=1S/C17H21F4NO2/c1-16(2,3)24-15(23)22-13(10-17(19,20)21)7-8-14(22)11-5-4-6-12(18)9-11/h4-6,9,13-14H,7-8,10H2,1-3H3/t13-,14+/m1/s1. The summed E-state index contributed by atoms with van der Waals surface area (Å²) < 4.78 is 57.3. The number of carbonyl (C=O) groups is 1. The van der Waals surface area contributed by atoms with Crippen LogP contribution in [-0.4, -0.2) is 28.8 Å². The second-order valence-electron chi connectivity index (χ2n) is 7.01. The van der Waals surface area contributed by atoms with Gasteiger partial charge in [-0.3, -0.25) is 4.90 Å². The Morgan fingerprint density at radius 3 is 2.46 bits per heavy atom. The van der Waals surface area contributed by atoms with E-state index in [2.05, 4.69) is 0 Å². The molecule has 1 fully saturated rings. The van der Waals surface area contributed by atoms with Gasteiger partial charge in [0.2, 0.25) is 0 Å². The molecule has 134 valence electrons. The minimum Gasteiger partial charge on any atom is -0.444 e. The van der Waals surface area contributed by atoms with Crippen molar-refractivity contribution in [3.8, 4) is 0 Å². The third kappa shape index (κ3) is 4.85. The number of halogens is 4. The first-order valence-electron chi connectivity index (χ1n) is 7.80. The van der Waals surface area contributed by atoms with Gasteiger partial charge in [0.15, 0.2) is 0 Å². The van der Waals surface area contributed by atoms with Crippen molar-refractivity contribution in [1.82, 2.24) is 4.90 Å². The van der Waals surface area contributed by atoms with Crippen LogP contribution in [0.3, 0.4) is 0 Å². The fourth-order valence-corrected chi connectivity index (χ4v) is 2.98. The Morgan fingerprint density at radius 1 is 1.25 bits per heavy atom. The van der Waals surface area contributed by atoms with Crippen molar-refractivity contribution in [2.24, 2.45) is 0 Å². The van der Waals surface area contributed by atoms with Crippen LogP contribution in [0.2, 0.25) is 0 Å². The summed E-state index contributed by atoms with van der Waals surface area (Å²) in [5.41, 5.74) is -0.347. The molecule has 1 heterocycles. The molecule has 1 saturated heterocycles. The molecular formula is C17H21F4NO2. The predicted octanol–water partition coefficient (Wildman–Crippen LogP) is 5.22. The van der Waals surface area contributed by atoms with Crippen molar-refractivity contribution in [2.45, 2.75) is 63.9 Å². The zero-order valence-electron chi connectivity index (χ0n) is 13.9. The van der Waals surface area contributed by atoms with E-state index in [1.165, 1.54) is 18.2 Å².